The molecule has 0 rings (SSSR count). The van der Waals surface area contributed by atoms with Crippen LogP contribution < -0.4 is 0 Å². The van der Waals surface area contributed by atoms with Crippen LogP contribution in [0.1, 0.15) is 0 Å². The van der Waals surface area contributed by atoms with Crippen LogP contribution in [-0.2, 0) is 4.79 Å². The molecule has 0 aromatic carbocycles. The Balaban J connectivity index is 3.65. The van der Waals surface area contributed by atoms with E-state index in [-0.39, 0.29) is 0 Å². The maximum Gasteiger partial charge on any atom is 0.273 e. The molecule has 0 N–H and O–H groups in total. The Bertz CT molecular complexity index is 158. The molecule has 0 saturated heterocycles. The monoisotopic (exact) mass is 148 g/mol. The first-order valence-electron chi connectivity index (χ1n) is 2.27. The van der Waals surface area contributed by atoms with Gasteiger partial charge < -0.3 is 0 Å². The van der Waals surface area contributed by atoms with E-state index in [0.717, 1.165) is 0 Å². The maximum atomic E-state index is 10.2. The van der Waals surface area contributed by atoms with E-state index in [1.54, 1.807) is 0 Å². The van der Waals surface area contributed by atoms with Crippen molar-refractivity contribution in [2.45, 2.75) is 0 Å². The van der Waals surface area contributed by atoms with Gasteiger partial charge in [0.05, 0.1) is 0 Å². The number of Topliss-reactive ketones (excluding diaryl/α,β-unsaturated/α-hetero) is 1. The summed E-state index contributed by atoms with van der Waals surface area (Å²) in [4.78, 5) is 27.5. The van der Waals surface area contributed by atoms with E-state index in [9.17, 15) is 25.0 Å². The van der Waals surface area contributed by atoms with Crippen molar-refractivity contribution in [3.05, 3.63) is 20.2 Å². The zero-order valence-electron chi connectivity index (χ0n) is 4.85. The van der Waals surface area contributed by atoms with Crippen LogP contribution in [0, 0.1) is 20.2 Å². The minimum atomic E-state index is -0.991. The van der Waals surface area contributed by atoms with Gasteiger partial charge in [-0.15, -0.1) is 0 Å². The molecule has 0 unspecified atom stereocenters. The highest BCUT2D eigenvalue weighted by Gasteiger charge is 2.15. The molecule has 0 bridgehead atoms. The van der Waals surface area contributed by atoms with Crippen LogP contribution in [-0.4, -0.2) is 28.7 Å². The molecule has 0 aliphatic heterocycles. The summed E-state index contributed by atoms with van der Waals surface area (Å²) in [5, 5.41) is 19.1. The van der Waals surface area contributed by atoms with Crippen molar-refractivity contribution in [2.75, 3.05) is 13.1 Å². The van der Waals surface area contributed by atoms with Crippen LogP contribution in [0.5, 0.6) is 0 Å². The molecule has 0 saturated carbocycles. The van der Waals surface area contributed by atoms with Crippen molar-refractivity contribution >= 4 is 5.78 Å². The second kappa shape index (κ2) is 3.49. The third-order valence-corrected chi connectivity index (χ3v) is 0.611. The largest absolute Gasteiger partial charge is 0.285 e. The smallest absolute Gasteiger partial charge is 0.273 e. The quantitative estimate of drug-likeness (QED) is 0.380. The van der Waals surface area contributed by atoms with Gasteiger partial charge in [-0.25, -0.2) is 0 Å². The summed E-state index contributed by atoms with van der Waals surface area (Å²) in [6.45, 7) is -1.94. The van der Waals surface area contributed by atoms with Crippen LogP contribution >= 0.6 is 0 Å². The number of carbonyl (C=O) groups is 1. The molecule has 0 aliphatic carbocycles. The van der Waals surface area contributed by atoms with E-state index < -0.39 is 28.7 Å². The molecule has 0 atom stereocenters. The molecule has 0 aliphatic rings. The second-order valence-electron chi connectivity index (χ2n) is 1.52. The average Bonchev–Trinajstić information content (AvgIpc) is 1.58. The number of nitrogens with zero attached hydrogens (tertiary/aromatic N) is 2. The van der Waals surface area contributed by atoms with E-state index in [1.165, 1.54) is 0 Å². The van der Waals surface area contributed by atoms with Crippen molar-refractivity contribution < 1.29 is 14.6 Å². The zero-order chi connectivity index (χ0) is 8.15. The zero-order valence-corrected chi connectivity index (χ0v) is 4.85. The summed E-state index contributed by atoms with van der Waals surface area (Å²) in [6, 6.07) is 0. The number of hydrogen-bond acceptors (Lipinski definition) is 5. The lowest BCUT2D eigenvalue weighted by Crippen LogP contribution is -2.21. The number of ketones is 1. The molecule has 56 valence electrons. The van der Waals surface area contributed by atoms with Gasteiger partial charge >= 0.3 is 0 Å². The van der Waals surface area contributed by atoms with Crippen molar-refractivity contribution in [3.8, 4) is 0 Å². The summed E-state index contributed by atoms with van der Waals surface area (Å²) in [5.41, 5.74) is 0. The van der Waals surface area contributed by atoms with Crippen molar-refractivity contribution in [1.29, 1.82) is 0 Å². The van der Waals surface area contributed by atoms with Crippen LogP contribution in [0.15, 0.2) is 0 Å². The normalized spacial score (nSPS) is 8.80. The Morgan fingerprint density at radius 3 is 1.60 bits per heavy atom. The predicted octanol–water partition coefficient (Wildman–Crippen LogP) is -0.891. The third kappa shape index (κ3) is 4.62. The fraction of sp³-hybridized carbons (Fsp3) is 0.667. The van der Waals surface area contributed by atoms with Gasteiger partial charge in [-0.2, -0.15) is 0 Å². The molecular formula is C3H4N2O5. The summed E-state index contributed by atoms with van der Waals surface area (Å²) in [6.07, 6.45) is 0. The van der Waals surface area contributed by atoms with Gasteiger partial charge in [-0.1, -0.05) is 0 Å². The van der Waals surface area contributed by atoms with Gasteiger partial charge in [-0.3, -0.25) is 25.0 Å². The third-order valence-electron chi connectivity index (χ3n) is 0.611. The Hall–Kier alpha value is -1.53. The maximum absolute atomic E-state index is 10.2. The molecule has 0 aromatic rings. The van der Waals surface area contributed by atoms with Crippen molar-refractivity contribution in [3.63, 3.8) is 0 Å². The van der Waals surface area contributed by atoms with Crippen LogP contribution in [0.3, 0.4) is 0 Å². The van der Waals surface area contributed by atoms with Gasteiger partial charge in [0.25, 0.3) is 18.9 Å². The Labute approximate surface area is 54.9 Å². The van der Waals surface area contributed by atoms with E-state index >= 15 is 0 Å². The van der Waals surface area contributed by atoms with E-state index in [1.807, 2.05) is 0 Å². The summed E-state index contributed by atoms with van der Waals surface area (Å²) in [7, 11) is 0. The number of carbonyl (C=O) groups excluding carboxylic acids is 1. The molecular weight excluding hydrogens is 144 g/mol. The first-order chi connectivity index (χ1) is 4.52. The lowest BCUT2D eigenvalue weighted by molar-refractivity contribution is -0.487. The van der Waals surface area contributed by atoms with Gasteiger partial charge in [0.15, 0.2) is 0 Å². The van der Waals surface area contributed by atoms with Crippen LogP contribution in [0.2, 0.25) is 0 Å². The topological polar surface area (TPSA) is 103 Å². The molecule has 7 heteroatoms. The number of rotatable bonds is 4. The Morgan fingerprint density at radius 2 is 1.40 bits per heavy atom. The molecule has 0 heterocycles. The van der Waals surface area contributed by atoms with E-state index in [4.69, 9.17) is 0 Å². The fourth-order valence-corrected chi connectivity index (χ4v) is 0.338. The van der Waals surface area contributed by atoms with Gasteiger partial charge in [-0.05, 0) is 0 Å². The highest BCUT2D eigenvalue weighted by atomic mass is 16.6. The van der Waals surface area contributed by atoms with Gasteiger partial charge in [0.2, 0.25) is 0 Å². The molecule has 0 aromatic heterocycles. The second-order valence-corrected chi connectivity index (χ2v) is 1.52. The molecule has 10 heavy (non-hydrogen) atoms. The lowest BCUT2D eigenvalue weighted by Gasteiger charge is -1.87. The van der Waals surface area contributed by atoms with Crippen LogP contribution in [0.4, 0.5) is 0 Å². The van der Waals surface area contributed by atoms with E-state index in [0.29, 0.717) is 0 Å². The van der Waals surface area contributed by atoms with Crippen LogP contribution in [0.25, 0.3) is 0 Å². The molecule has 0 amide bonds. The molecule has 0 spiro atoms. The molecule has 7 nitrogen and oxygen atoms in total. The molecule has 0 fully saturated rings. The van der Waals surface area contributed by atoms with E-state index in [2.05, 4.69) is 0 Å². The number of hydrogen-bond donors (Lipinski definition) is 0. The average molecular weight is 148 g/mol. The molecule has 0 radical (unpaired) electrons. The SMILES string of the molecule is O=C(C[N+](=O)[O-])C[N+](=O)[O-]. The van der Waals surface area contributed by atoms with Crippen molar-refractivity contribution in [2.24, 2.45) is 0 Å². The first-order valence-corrected chi connectivity index (χ1v) is 2.27. The first kappa shape index (κ1) is 8.47. The lowest BCUT2D eigenvalue weighted by atomic mass is 10.4. The minimum Gasteiger partial charge on any atom is -0.285 e. The number of nitro groups is 2. The summed E-state index contributed by atoms with van der Waals surface area (Å²) < 4.78 is 0. The summed E-state index contributed by atoms with van der Waals surface area (Å²) in [5.74, 6) is -0.991. The highest BCUT2D eigenvalue weighted by molar-refractivity contribution is 5.80. The fourth-order valence-electron chi connectivity index (χ4n) is 0.338. The van der Waals surface area contributed by atoms with Gasteiger partial charge in [0.1, 0.15) is 0 Å². The Morgan fingerprint density at radius 1 is 1.10 bits per heavy atom. The predicted molar refractivity (Wildman–Crippen MR) is 28.7 cm³/mol. The van der Waals surface area contributed by atoms with Crippen molar-refractivity contribution in [1.82, 2.24) is 0 Å². The standard InChI is InChI=1S/C3H4N2O5/c6-3(1-4(7)8)2-5(9)10/h1-2H2. The summed E-state index contributed by atoms with van der Waals surface area (Å²) >= 11 is 0. The van der Waals surface area contributed by atoms with Gasteiger partial charge in [0, 0.05) is 9.85 Å². The Kier molecular flexibility index (Phi) is 2.95. The highest BCUT2D eigenvalue weighted by Crippen LogP contribution is 1.76. The minimum absolute atomic E-state index is 0.897.